The van der Waals surface area contributed by atoms with Gasteiger partial charge >= 0.3 is 6.36 Å². The second-order valence-electron chi connectivity index (χ2n) is 4.90. The highest BCUT2D eigenvalue weighted by molar-refractivity contribution is 6.31. The molecule has 0 radical (unpaired) electrons. The molecule has 2 aromatic rings. The lowest BCUT2D eigenvalue weighted by Gasteiger charge is -2.12. The maximum atomic E-state index is 12.4. The summed E-state index contributed by atoms with van der Waals surface area (Å²) in [4.78, 5) is 23.6. The fourth-order valence-electron chi connectivity index (χ4n) is 1.94. The average Bonchev–Trinajstić information content (AvgIpc) is 2.49. The van der Waals surface area contributed by atoms with Crippen molar-refractivity contribution in [3.05, 3.63) is 53.1 Å². The first-order valence-electron chi connectivity index (χ1n) is 6.88. The van der Waals surface area contributed by atoms with Crippen molar-refractivity contribution in [2.45, 2.75) is 13.3 Å². The molecule has 9 heteroatoms. The van der Waals surface area contributed by atoms with E-state index < -0.39 is 18.0 Å². The molecule has 2 N–H and O–H groups in total. The number of ether oxygens (including phenoxy) is 1. The zero-order valence-corrected chi connectivity index (χ0v) is 13.5. The number of rotatable bonds is 4. The molecular weight excluding hydrogens is 361 g/mol. The zero-order valence-electron chi connectivity index (χ0n) is 12.8. The summed E-state index contributed by atoms with van der Waals surface area (Å²) in [5.74, 6) is -1.37. The predicted molar refractivity (Wildman–Crippen MR) is 86.8 cm³/mol. The van der Waals surface area contributed by atoms with Gasteiger partial charge in [-0.1, -0.05) is 11.6 Å². The van der Waals surface area contributed by atoms with Crippen molar-refractivity contribution >= 4 is 34.8 Å². The van der Waals surface area contributed by atoms with Gasteiger partial charge in [0, 0.05) is 17.6 Å². The van der Waals surface area contributed by atoms with E-state index in [1.165, 1.54) is 37.3 Å². The van der Waals surface area contributed by atoms with Crippen LogP contribution in [0.1, 0.15) is 17.3 Å². The molecule has 2 aromatic carbocycles. The van der Waals surface area contributed by atoms with E-state index in [0.717, 1.165) is 12.1 Å². The van der Waals surface area contributed by atoms with Crippen molar-refractivity contribution in [2.24, 2.45) is 0 Å². The maximum Gasteiger partial charge on any atom is 0.573 e. The SMILES string of the molecule is CC(=O)Nc1ccc(Cl)cc1C(=O)Nc1ccc(OC(F)(F)F)cc1. The van der Waals surface area contributed by atoms with Crippen LogP contribution in [0.3, 0.4) is 0 Å². The third-order valence-electron chi connectivity index (χ3n) is 2.88. The van der Waals surface area contributed by atoms with E-state index in [9.17, 15) is 22.8 Å². The highest BCUT2D eigenvalue weighted by atomic mass is 35.5. The molecule has 2 rings (SSSR count). The fourth-order valence-corrected chi connectivity index (χ4v) is 2.11. The van der Waals surface area contributed by atoms with E-state index in [1.54, 1.807) is 0 Å². The van der Waals surface area contributed by atoms with Gasteiger partial charge in [0.25, 0.3) is 5.91 Å². The molecule has 0 saturated carbocycles. The van der Waals surface area contributed by atoms with Crippen LogP contribution in [0.4, 0.5) is 24.5 Å². The van der Waals surface area contributed by atoms with Crippen molar-refractivity contribution in [1.29, 1.82) is 0 Å². The first-order valence-corrected chi connectivity index (χ1v) is 7.26. The molecule has 0 bridgehead atoms. The van der Waals surface area contributed by atoms with E-state index in [2.05, 4.69) is 15.4 Å². The van der Waals surface area contributed by atoms with Gasteiger partial charge in [-0.3, -0.25) is 9.59 Å². The van der Waals surface area contributed by atoms with Gasteiger partial charge in [-0.25, -0.2) is 0 Å². The van der Waals surface area contributed by atoms with Gasteiger partial charge in [-0.2, -0.15) is 0 Å². The van der Waals surface area contributed by atoms with Crippen LogP contribution in [0, 0.1) is 0 Å². The summed E-state index contributed by atoms with van der Waals surface area (Å²) in [5, 5.41) is 5.29. The van der Waals surface area contributed by atoms with Crippen molar-refractivity contribution < 1.29 is 27.5 Å². The van der Waals surface area contributed by atoms with Gasteiger partial charge in [-0.05, 0) is 42.5 Å². The van der Waals surface area contributed by atoms with Crippen LogP contribution in [-0.4, -0.2) is 18.2 Å². The summed E-state index contributed by atoms with van der Waals surface area (Å²) < 4.78 is 40.1. The van der Waals surface area contributed by atoms with Crippen molar-refractivity contribution in [3.8, 4) is 5.75 Å². The van der Waals surface area contributed by atoms with Crippen LogP contribution in [0.25, 0.3) is 0 Å². The fraction of sp³-hybridized carbons (Fsp3) is 0.125. The maximum absolute atomic E-state index is 12.4. The van der Waals surface area contributed by atoms with Crippen molar-refractivity contribution in [2.75, 3.05) is 10.6 Å². The van der Waals surface area contributed by atoms with Crippen LogP contribution >= 0.6 is 11.6 Å². The minimum Gasteiger partial charge on any atom is -0.406 e. The number of halogens is 4. The largest absolute Gasteiger partial charge is 0.573 e. The number of hydrogen-bond acceptors (Lipinski definition) is 3. The molecule has 0 aliphatic rings. The standard InChI is InChI=1S/C16H12ClF3N2O3/c1-9(23)21-14-7-2-10(17)8-13(14)15(24)22-11-3-5-12(6-4-11)25-16(18,19)20/h2-8H,1H3,(H,21,23)(H,22,24). The Balaban J connectivity index is 2.17. The van der Waals surface area contributed by atoms with Gasteiger partial charge in [-0.15, -0.1) is 13.2 Å². The molecule has 0 atom stereocenters. The minimum atomic E-state index is -4.79. The molecule has 0 aromatic heterocycles. The molecule has 0 saturated heterocycles. The zero-order chi connectivity index (χ0) is 18.6. The number of benzene rings is 2. The third-order valence-corrected chi connectivity index (χ3v) is 3.12. The summed E-state index contributed by atoms with van der Waals surface area (Å²) in [6.45, 7) is 1.29. The predicted octanol–water partition coefficient (Wildman–Crippen LogP) is 4.45. The second-order valence-corrected chi connectivity index (χ2v) is 5.33. The molecular formula is C16H12ClF3N2O3. The summed E-state index contributed by atoms with van der Waals surface area (Å²) in [6, 6.07) is 8.98. The quantitative estimate of drug-likeness (QED) is 0.833. The van der Waals surface area contributed by atoms with E-state index in [-0.39, 0.29) is 27.9 Å². The van der Waals surface area contributed by atoms with Gasteiger partial charge in [0.2, 0.25) is 5.91 Å². The van der Waals surface area contributed by atoms with Gasteiger partial charge in [0.1, 0.15) is 5.75 Å². The first-order chi connectivity index (χ1) is 11.6. The summed E-state index contributed by atoms with van der Waals surface area (Å²) in [7, 11) is 0. The average molecular weight is 373 g/mol. The van der Waals surface area contributed by atoms with Crippen LogP contribution in [-0.2, 0) is 4.79 Å². The molecule has 2 amide bonds. The number of anilines is 2. The van der Waals surface area contributed by atoms with Crippen molar-refractivity contribution in [1.82, 2.24) is 0 Å². The molecule has 5 nitrogen and oxygen atoms in total. The first kappa shape index (κ1) is 18.6. The minimum absolute atomic E-state index is 0.110. The normalized spacial score (nSPS) is 10.9. The lowest BCUT2D eigenvalue weighted by Crippen LogP contribution is -2.18. The number of carbonyl (C=O) groups excluding carboxylic acids is 2. The Hall–Kier alpha value is -2.74. The Morgan fingerprint density at radius 1 is 1.04 bits per heavy atom. The van der Waals surface area contributed by atoms with Gasteiger partial charge in [0.05, 0.1) is 11.3 Å². The molecule has 0 aliphatic carbocycles. The smallest absolute Gasteiger partial charge is 0.406 e. The van der Waals surface area contributed by atoms with E-state index in [4.69, 9.17) is 11.6 Å². The summed E-state index contributed by atoms with van der Waals surface area (Å²) in [5.41, 5.74) is 0.609. The van der Waals surface area contributed by atoms with Crippen LogP contribution < -0.4 is 15.4 Å². The molecule has 132 valence electrons. The van der Waals surface area contributed by atoms with E-state index in [0.29, 0.717) is 0 Å². The van der Waals surface area contributed by atoms with Gasteiger partial charge in [0.15, 0.2) is 0 Å². The number of carbonyl (C=O) groups is 2. The Labute approximate surface area is 145 Å². The molecule has 0 spiro atoms. The molecule has 0 aliphatic heterocycles. The highest BCUT2D eigenvalue weighted by Gasteiger charge is 2.31. The van der Waals surface area contributed by atoms with Crippen LogP contribution in [0.2, 0.25) is 5.02 Å². The molecule has 0 unspecified atom stereocenters. The summed E-state index contributed by atoms with van der Waals surface area (Å²) >= 11 is 5.87. The van der Waals surface area contributed by atoms with Crippen LogP contribution in [0.15, 0.2) is 42.5 Å². The van der Waals surface area contributed by atoms with E-state index >= 15 is 0 Å². The monoisotopic (exact) mass is 372 g/mol. The lowest BCUT2D eigenvalue weighted by molar-refractivity contribution is -0.274. The Kier molecular flexibility index (Phi) is 5.53. The van der Waals surface area contributed by atoms with Crippen molar-refractivity contribution in [3.63, 3.8) is 0 Å². The lowest BCUT2D eigenvalue weighted by atomic mass is 10.1. The molecule has 25 heavy (non-hydrogen) atoms. The Bertz CT molecular complexity index is 792. The number of hydrogen-bond donors (Lipinski definition) is 2. The van der Waals surface area contributed by atoms with E-state index in [1.807, 2.05) is 0 Å². The third kappa shape index (κ3) is 5.68. The molecule has 0 fully saturated rings. The number of nitrogens with one attached hydrogen (secondary N) is 2. The number of alkyl halides is 3. The summed E-state index contributed by atoms with van der Waals surface area (Å²) in [6.07, 6.45) is -4.79. The topological polar surface area (TPSA) is 67.4 Å². The van der Waals surface area contributed by atoms with Gasteiger partial charge < -0.3 is 15.4 Å². The Morgan fingerprint density at radius 3 is 2.24 bits per heavy atom. The molecule has 0 heterocycles. The van der Waals surface area contributed by atoms with Crippen LogP contribution in [0.5, 0.6) is 5.75 Å². The Morgan fingerprint density at radius 2 is 1.68 bits per heavy atom. The number of amides is 2. The second kappa shape index (κ2) is 7.43. The highest BCUT2D eigenvalue weighted by Crippen LogP contribution is 2.25.